The van der Waals surface area contributed by atoms with Gasteiger partial charge in [0, 0.05) is 18.1 Å². The number of hydrogen-bond acceptors (Lipinski definition) is 5. The molecule has 1 N–H and O–H groups in total. The number of thiophene rings is 1. The van der Waals surface area contributed by atoms with Gasteiger partial charge in [0.2, 0.25) is 5.88 Å². The Labute approximate surface area is 131 Å². The number of anilines is 1. The van der Waals surface area contributed by atoms with E-state index in [4.69, 9.17) is 9.47 Å². The van der Waals surface area contributed by atoms with Gasteiger partial charge in [-0.1, -0.05) is 0 Å². The maximum Gasteiger partial charge on any atom is 0.213 e. The Morgan fingerprint density at radius 3 is 2.75 bits per heavy atom. The van der Waals surface area contributed by atoms with Gasteiger partial charge in [-0.2, -0.15) is 0 Å². The SMILES string of the molecule is COCCOc1ccc(NC(C)c2ccc(Br)s2)cn1. The molecule has 0 fully saturated rings. The van der Waals surface area contributed by atoms with Crippen LogP contribution in [0.4, 0.5) is 5.69 Å². The van der Waals surface area contributed by atoms with Crippen molar-refractivity contribution < 1.29 is 9.47 Å². The molecule has 0 bridgehead atoms. The summed E-state index contributed by atoms with van der Waals surface area (Å²) in [5.41, 5.74) is 0.973. The van der Waals surface area contributed by atoms with Crippen LogP contribution in [0.2, 0.25) is 0 Å². The predicted octanol–water partition coefficient (Wildman–Crippen LogP) is 4.10. The first-order valence-electron chi connectivity index (χ1n) is 6.28. The molecule has 0 aromatic carbocycles. The summed E-state index contributed by atoms with van der Waals surface area (Å²) in [7, 11) is 1.65. The second-order valence-corrected chi connectivity index (χ2v) is 6.73. The highest BCUT2D eigenvalue weighted by Crippen LogP contribution is 2.29. The van der Waals surface area contributed by atoms with E-state index in [1.807, 2.05) is 12.1 Å². The Hall–Kier alpha value is -1.11. The highest BCUT2D eigenvalue weighted by atomic mass is 79.9. The zero-order valence-electron chi connectivity index (χ0n) is 11.4. The van der Waals surface area contributed by atoms with E-state index in [-0.39, 0.29) is 6.04 Å². The number of methoxy groups -OCH3 is 1. The Bertz CT molecular complexity index is 530. The van der Waals surface area contributed by atoms with Crippen LogP contribution < -0.4 is 10.1 Å². The molecule has 0 aliphatic carbocycles. The smallest absolute Gasteiger partial charge is 0.213 e. The van der Waals surface area contributed by atoms with Crippen LogP contribution in [0.5, 0.6) is 5.88 Å². The number of rotatable bonds is 7. The fraction of sp³-hybridized carbons (Fsp3) is 0.357. The van der Waals surface area contributed by atoms with Crippen molar-refractivity contribution in [2.24, 2.45) is 0 Å². The summed E-state index contributed by atoms with van der Waals surface area (Å²) in [4.78, 5) is 5.53. The van der Waals surface area contributed by atoms with Gasteiger partial charge >= 0.3 is 0 Å². The van der Waals surface area contributed by atoms with Gasteiger partial charge in [-0.25, -0.2) is 4.98 Å². The molecule has 6 heteroatoms. The molecule has 0 spiro atoms. The molecule has 20 heavy (non-hydrogen) atoms. The van der Waals surface area contributed by atoms with Crippen LogP contribution in [0.15, 0.2) is 34.2 Å². The highest BCUT2D eigenvalue weighted by molar-refractivity contribution is 9.11. The normalized spacial score (nSPS) is 12.2. The van der Waals surface area contributed by atoms with Crippen LogP contribution in [-0.4, -0.2) is 25.3 Å². The molecule has 0 amide bonds. The average molecular weight is 357 g/mol. The summed E-state index contributed by atoms with van der Waals surface area (Å²) in [6.07, 6.45) is 1.78. The third kappa shape index (κ3) is 4.47. The maximum absolute atomic E-state index is 5.43. The molecule has 0 saturated carbocycles. The fourth-order valence-electron chi connectivity index (χ4n) is 1.66. The van der Waals surface area contributed by atoms with Crippen molar-refractivity contribution in [3.8, 4) is 5.88 Å². The highest BCUT2D eigenvalue weighted by Gasteiger charge is 2.08. The van der Waals surface area contributed by atoms with Crippen molar-refractivity contribution >= 4 is 33.0 Å². The summed E-state index contributed by atoms with van der Waals surface area (Å²) in [5.74, 6) is 0.610. The average Bonchev–Trinajstić information content (AvgIpc) is 2.88. The zero-order valence-corrected chi connectivity index (χ0v) is 13.8. The summed E-state index contributed by atoms with van der Waals surface area (Å²) in [6.45, 7) is 3.20. The molecule has 0 saturated heterocycles. The van der Waals surface area contributed by atoms with Crippen LogP contribution in [0.25, 0.3) is 0 Å². The van der Waals surface area contributed by atoms with Crippen molar-refractivity contribution in [2.45, 2.75) is 13.0 Å². The zero-order chi connectivity index (χ0) is 14.4. The van der Waals surface area contributed by atoms with E-state index >= 15 is 0 Å². The predicted molar refractivity (Wildman–Crippen MR) is 85.7 cm³/mol. The third-order valence-corrected chi connectivity index (χ3v) is 4.48. The maximum atomic E-state index is 5.43. The Balaban J connectivity index is 1.90. The topological polar surface area (TPSA) is 43.4 Å². The second-order valence-electron chi connectivity index (χ2n) is 4.23. The van der Waals surface area contributed by atoms with Crippen molar-refractivity contribution in [3.05, 3.63) is 39.1 Å². The first-order valence-corrected chi connectivity index (χ1v) is 7.89. The third-order valence-electron chi connectivity index (χ3n) is 2.68. The molecule has 1 atom stereocenters. The quantitative estimate of drug-likeness (QED) is 0.758. The molecule has 108 valence electrons. The van der Waals surface area contributed by atoms with E-state index in [0.29, 0.717) is 19.1 Å². The molecule has 1 unspecified atom stereocenters. The second kappa shape index (κ2) is 7.61. The molecule has 0 radical (unpaired) electrons. The summed E-state index contributed by atoms with van der Waals surface area (Å²) in [6, 6.07) is 8.24. The summed E-state index contributed by atoms with van der Waals surface area (Å²) >= 11 is 5.20. The molecule has 4 nitrogen and oxygen atoms in total. The number of halogens is 1. The van der Waals surface area contributed by atoms with Crippen LogP contribution in [-0.2, 0) is 4.74 Å². The lowest BCUT2D eigenvalue weighted by Crippen LogP contribution is -2.07. The molecule has 2 aromatic rings. The lowest BCUT2D eigenvalue weighted by atomic mass is 10.2. The Kier molecular flexibility index (Phi) is 5.82. The van der Waals surface area contributed by atoms with E-state index in [2.05, 4.69) is 45.3 Å². The van der Waals surface area contributed by atoms with Crippen LogP contribution in [0, 0.1) is 0 Å². The number of pyridine rings is 1. The van der Waals surface area contributed by atoms with E-state index in [1.54, 1.807) is 24.6 Å². The number of nitrogens with one attached hydrogen (secondary N) is 1. The van der Waals surface area contributed by atoms with Gasteiger partial charge in [0.15, 0.2) is 0 Å². The Morgan fingerprint density at radius 1 is 1.30 bits per heavy atom. The van der Waals surface area contributed by atoms with E-state index < -0.39 is 0 Å². The Morgan fingerprint density at radius 2 is 2.15 bits per heavy atom. The van der Waals surface area contributed by atoms with Crippen molar-refractivity contribution in [2.75, 3.05) is 25.6 Å². The monoisotopic (exact) mass is 356 g/mol. The first kappa shape index (κ1) is 15.3. The summed E-state index contributed by atoms with van der Waals surface area (Å²) in [5, 5.41) is 3.41. The van der Waals surface area contributed by atoms with Gasteiger partial charge in [0.1, 0.15) is 6.61 Å². The van der Waals surface area contributed by atoms with Crippen LogP contribution in [0.1, 0.15) is 17.8 Å². The number of aromatic nitrogens is 1. The van der Waals surface area contributed by atoms with E-state index in [1.165, 1.54) is 4.88 Å². The minimum atomic E-state index is 0.244. The van der Waals surface area contributed by atoms with Gasteiger partial charge in [-0.3, -0.25) is 0 Å². The minimum absolute atomic E-state index is 0.244. The molecule has 2 heterocycles. The molecular formula is C14H17BrN2O2S. The van der Waals surface area contributed by atoms with E-state index in [9.17, 15) is 0 Å². The lowest BCUT2D eigenvalue weighted by Gasteiger charge is -2.13. The van der Waals surface area contributed by atoms with Crippen molar-refractivity contribution in [3.63, 3.8) is 0 Å². The number of nitrogens with zero attached hydrogens (tertiary/aromatic N) is 1. The van der Waals surface area contributed by atoms with Gasteiger partial charge in [-0.05, 0) is 41.1 Å². The standard InChI is InChI=1S/C14H17BrN2O2S/c1-10(12-4-5-13(15)20-12)17-11-3-6-14(16-9-11)19-8-7-18-2/h3-6,9-10,17H,7-8H2,1-2H3. The van der Waals surface area contributed by atoms with Gasteiger partial charge in [0.05, 0.1) is 28.3 Å². The molecule has 2 aromatic heterocycles. The van der Waals surface area contributed by atoms with Gasteiger partial charge < -0.3 is 14.8 Å². The van der Waals surface area contributed by atoms with Gasteiger partial charge in [0.25, 0.3) is 0 Å². The van der Waals surface area contributed by atoms with Crippen molar-refractivity contribution in [1.82, 2.24) is 4.98 Å². The van der Waals surface area contributed by atoms with Crippen molar-refractivity contribution in [1.29, 1.82) is 0 Å². The molecule has 0 aliphatic rings. The fourth-order valence-corrected chi connectivity index (χ4v) is 3.09. The molecular weight excluding hydrogens is 340 g/mol. The van der Waals surface area contributed by atoms with Crippen LogP contribution >= 0.6 is 27.3 Å². The molecule has 2 rings (SSSR count). The first-order chi connectivity index (χ1) is 9.69. The molecule has 0 aliphatic heterocycles. The minimum Gasteiger partial charge on any atom is -0.475 e. The van der Waals surface area contributed by atoms with E-state index in [0.717, 1.165) is 9.47 Å². The van der Waals surface area contributed by atoms with Gasteiger partial charge in [-0.15, -0.1) is 11.3 Å². The number of ether oxygens (including phenoxy) is 2. The largest absolute Gasteiger partial charge is 0.475 e. The lowest BCUT2D eigenvalue weighted by molar-refractivity contribution is 0.144. The van der Waals surface area contributed by atoms with Crippen LogP contribution in [0.3, 0.4) is 0 Å². The summed E-state index contributed by atoms with van der Waals surface area (Å²) < 4.78 is 11.5. The number of hydrogen-bond donors (Lipinski definition) is 1.